The minimum atomic E-state index is -0.00749. The molecular formula is C15H18N2O3. The third-order valence-corrected chi connectivity index (χ3v) is 2.97. The molecule has 0 unspecified atom stereocenters. The number of rotatable bonds is 6. The molecule has 20 heavy (non-hydrogen) atoms. The van der Waals surface area contributed by atoms with Crippen molar-refractivity contribution in [1.29, 1.82) is 0 Å². The molecule has 106 valence electrons. The van der Waals surface area contributed by atoms with E-state index in [1.54, 1.807) is 37.1 Å². The molecule has 0 bridgehead atoms. The summed E-state index contributed by atoms with van der Waals surface area (Å²) in [7, 11) is 3.24. The van der Waals surface area contributed by atoms with E-state index in [-0.39, 0.29) is 5.56 Å². The van der Waals surface area contributed by atoms with Crippen LogP contribution in [0.3, 0.4) is 0 Å². The third kappa shape index (κ3) is 3.32. The highest BCUT2D eigenvalue weighted by Gasteiger charge is 2.04. The normalized spacial score (nSPS) is 10.1. The molecule has 0 saturated heterocycles. The van der Waals surface area contributed by atoms with Gasteiger partial charge < -0.3 is 19.4 Å². The van der Waals surface area contributed by atoms with E-state index in [0.717, 1.165) is 17.2 Å². The Morgan fingerprint density at radius 1 is 1.15 bits per heavy atom. The van der Waals surface area contributed by atoms with Crippen molar-refractivity contribution < 1.29 is 9.47 Å². The van der Waals surface area contributed by atoms with Gasteiger partial charge in [0, 0.05) is 31.4 Å². The van der Waals surface area contributed by atoms with Crippen molar-refractivity contribution in [3.63, 3.8) is 0 Å². The summed E-state index contributed by atoms with van der Waals surface area (Å²) in [6.45, 7) is 1.20. The van der Waals surface area contributed by atoms with Crippen LogP contribution >= 0.6 is 0 Å². The van der Waals surface area contributed by atoms with Crippen LogP contribution in [-0.2, 0) is 6.54 Å². The summed E-state index contributed by atoms with van der Waals surface area (Å²) in [5, 5.41) is 3.25. The van der Waals surface area contributed by atoms with Crippen LogP contribution in [0, 0.1) is 0 Å². The van der Waals surface area contributed by atoms with Gasteiger partial charge in [-0.15, -0.1) is 0 Å². The van der Waals surface area contributed by atoms with E-state index in [0.29, 0.717) is 13.1 Å². The minimum Gasteiger partial charge on any atom is -0.497 e. The Hall–Kier alpha value is -2.43. The first-order valence-corrected chi connectivity index (χ1v) is 6.36. The lowest BCUT2D eigenvalue weighted by Crippen LogP contribution is -2.22. The topological polar surface area (TPSA) is 52.5 Å². The standard InChI is InChI=1S/C15H18N2O3/c1-19-12-6-7-14(20-2)13(11-12)16-8-10-17-9-4-3-5-15(17)18/h3-7,9,11,16H,8,10H2,1-2H3. The molecule has 1 heterocycles. The zero-order valence-electron chi connectivity index (χ0n) is 11.6. The Morgan fingerprint density at radius 2 is 2.00 bits per heavy atom. The zero-order valence-corrected chi connectivity index (χ0v) is 11.6. The molecule has 0 radical (unpaired) electrons. The number of nitrogens with one attached hydrogen (secondary N) is 1. The van der Waals surface area contributed by atoms with E-state index in [1.165, 1.54) is 0 Å². The Morgan fingerprint density at radius 3 is 2.70 bits per heavy atom. The van der Waals surface area contributed by atoms with E-state index < -0.39 is 0 Å². The second-order valence-electron chi connectivity index (χ2n) is 4.23. The summed E-state index contributed by atoms with van der Waals surface area (Å²) < 4.78 is 12.1. The fourth-order valence-corrected chi connectivity index (χ4v) is 1.91. The van der Waals surface area contributed by atoms with Crippen molar-refractivity contribution in [2.45, 2.75) is 6.54 Å². The SMILES string of the molecule is COc1ccc(OC)c(NCCn2ccccc2=O)c1. The monoisotopic (exact) mass is 274 g/mol. The average molecular weight is 274 g/mol. The van der Waals surface area contributed by atoms with Crippen LogP contribution < -0.4 is 20.3 Å². The van der Waals surface area contributed by atoms with Gasteiger partial charge in [0.15, 0.2) is 0 Å². The molecule has 0 amide bonds. The number of nitrogens with zero attached hydrogens (tertiary/aromatic N) is 1. The van der Waals surface area contributed by atoms with E-state index in [2.05, 4.69) is 5.32 Å². The summed E-state index contributed by atoms with van der Waals surface area (Å²) in [5.74, 6) is 1.50. The molecule has 0 aliphatic rings. The molecule has 0 aliphatic heterocycles. The van der Waals surface area contributed by atoms with E-state index in [1.807, 2.05) is 24.3 Å². The maximum atomic E-state index is 11.6. The van der Waals surface area contributed by atoms with Gasteiger partial charge in [-0.2, -0.15) is 0 Å². The summed E-state index contributed by atoms with van der Waals surface area (Å²) in [6, 6.07) is 10.7. The predicted molar refractivity (Wildman–Crippen MR) is 78.7 cm³/mol. The van der Waals surface area contributed by atoms with Gasteiger partial charge in [-0.05, 0) is 18.2 Å². The Labute approximate surface area is 117 Å². The molecule has 2 aromatic rings. The molecule has 0 spiro atoms. The number of anilines is 1. The highest BCUT2D eigenvalue weighted by molar-refractivity contribution is 5.59. The number of hydrogen-bond donors (Lipinski definition) is 1. The van der Waals surface area contributed by atoms with Crippen LogP contribution in [0.5, 0.6) is 11.5 Å². The smallest absolute Gasteiger partial charge is 0.250 e. The highest BCUT2D eigenvalue weighted by atomic mass is 16.5. The molecule has 0 aliphatic carbocycles. The number of pyridine rings is 1. The van der Waals surface area contributed by atoms with Crippen molar-refractivity contribution >= 4 is 5.69 Å². The lowest BCUT2D eigenvalue weighted by Gasteiger charge is -2.13. The first kappa shape index (κ1) is 14.0. The maximum absolute atomic E-state index is 11.6. The molecule has 0 fully saturated rings. The van der Waals surface area contributed by atoms with Gasteiger partial charge >= 0.3 is 0 Å². The van der Waals surface area contributed by atoms with E-state index in [4.69, 9.17) is 9.47 Å². The zero-order chi connectivity index (χ0) is 14.4. The molecule has 0 saturated carbocycles. The minimum absolute atomic E-state index is 0.00749. The highest BCUT2D eigenvalue weighted by Crippen LogP contribution is 2.28. The van der Waals surface area contributed by atoms with Crippen molar-refractivity contribution in [1.82, 2.24) is 4.57 Å². The van der Waals surface area contributed by atoms with Crippen LogP contribution in [0.2, 0.25) is 0 Å². The van der Waals surface area contributed by atoms with Gasteiger partial charge in [0.25, 0.3) is 5.56 Å². The van der Waals surface area contributed by atoms with Crippen molar-refractivity contribution in [2.75, 3.05) is 26.1 Å². The number of aromatic nitrogens is 1. The van der Waals surface area contributed by atoms with Gasteiger partial charge in [-0.1, -0.05) is 6.07 Å². The van der Waals surface area contributed by atoms with Crippen LogP contribution in [0.4, 0.5) is 5.69 Å². The fraction of sp³-hybridized carbons (Fsp3) is 0.267. The van der Waals surface area contributed by atoms with Gasteiger partial charge in [-0.25, -0.2) is 0 Å². The predicted octanol–water partition coefficient (Wildman–Crippen LogP) is 1.98. The second kappa shape index (κ2) is 6.65. The van der Waals surface area contributed by atoms with Gasteiger partial charge in [-0.3, -0.25) is 4.79 Å². The van der Waals surface area contributed by atoms with Crippen LogP contribution in [-0.4, -0.2) is 25.3 Å². The molecule has 1 aromatic carbocycles. The molecule has 1 N–H and O–H groups in total. The molecule has 5 heteroatoms. The largest absolute Gasteiger partial charge is 0.497 e. The summed E-state index contributed by atoms with van der Waals surface area (Å²) >= 11 is 0. The summed E-state index contributed by atoms with van der Waals surface area (Å²) in [4.78, 5) is 11.6. The molecular weight excluding hydrogens is 256 g/mol. The number of hydrogen-bond acceptors (Lipinski definition) is 4. The average Bonchev–Trinajstić information content (AvgIpc) is 2.49. The van der Waals surface area contributed by atoms with Gasteiger partial charge in [0.2, 0.25) is 0 Å². The third-order valence-electron chi connectivity index (χ3n) is 2.97. The Balaban J connectivity index is 2.03. The second-order valence-corrected chi connectivity index (χ2v) is 4.23. The summed E-state index contributed by atoms with van der Waals surface area (Å²) in [5.41, 5.74) is 0.836. The molecule has 5 nitrogen and oxygen atoms in total. The number of methoxy groups -OCH3 is 2. The van der Waals surface area contributed by atoms with E-state index in [9.17, 15) is 4.79 Å². The van der Waals surface area contributed by atoms with Crippen LogP contribution in [0.25, 0.3) is 0 Å². The molecule has 0 atom stereocenters. The van der Waals surface area contributed by atoms with Crippen molar-refractivity contribution in [2.24, 2.45) is 0 Å². The first-order valence-electron chi connectivity index (χ1n) is 6.36. The van der Waals surface area contributed by atoms with E-state index >= 15 is 0 Å². The van der Waals surface area contributed by atoms with Gasteiger partial charge in [0.05, 0.1) is 19.9 Å². The van der Waals surface area contributed by atoms with Crippen LogP contribution in [0.15, 0.2) is 47.4 Å². The summed E-state index contributed by atoms with van der Waals surface area (Å²) in [6.07, 6.45) is 1.77. The van der Waals surface area contributed by atoms with Crippen molar-refractivity contribution in [3.05, 3.63) is 52.9 Å². The Bertz CT molecular complexity index is 623. The Kier molecular flexibility index (Phi) is 4.65. The number of ether oxygens (including phenoxy) is 2. The molecule has 1 aromatic heterocycles. The fourth-order valence-electron chi connectivity index (χ4n) is 1.91. The maximum Gasteiger partial charge on any atom is 0.250 e. The number of benzene rings is 1. The van der Waals surface area contributed by atoms with Gasteiger partial charge in [0.1, 0.15) is 11.5 Å². The lowest BCUT2D eigenvalue weighted by molar-refractivity contribution is 0.404. The van der Waals surface area contributed by atoms with Crippen molar-refractivity contribution in [3.8, 4) is 11.5 Å². The quantitative estimate of drug-likeness (QED) is 0.875. The lowest BCUT2D eigenvalue weighted by atomic mass is 10.2. The van der Waals surface area contributed by atoms with Crippen LogP contribution in [0.1, 0.15) is 0 Å². The first-order chi connectivity index (χ1) is 9.74. The molecule has 2 rings (SSSR count).